The van der Waals surface area contributed by atoms with Crippen molar-refractivity contribution in [3.8, 4) is 28.2 Å². The lowest BCUT2D eigenvalue weighted by molar-refractivity contribution is 1.01. The maximum absolute atomic E-state index is 5.67. The van der Waals surface area contributed by atoms with Gasteiger partial charge in [-0.3, -0.25) is 4.57 Å². The van der Waals surface area contributed by atoms with Gasteiger partial charge in [-0.1, -0.05) is 109 Å². The van der Waals surface area contributed by atoms with Gasteiger partial charge in [-0.2, -0.15) is 0 Å². The van der Waals surface area contributed by atoms with E-state index in [1.165, 1.54) is 80.6 Å². The molecule has 1 fully saturated rings. The molecule has 3 nitrogen and oxygen atoms in total. The summed E-state index contributed by atoms with van der Waals surface area (Å²) >= 11 is 3.58. The summed E-state index contributed by atoms with van der Waals surface area (Å²) < 4.78 is 6.18. The predicted octanol–water partition coefficient (Wildman–Crippen LogP) is 13.4. The Hall–Kier alpha value is -5.88. The zero-order valence-corrected chi connectivity index (χ0v) is 29.4. The number of rotatable bonds is 2. The third-order valence-corrected chi connectivity index (χ3v) is 14.0. The first kappa shape index (κ1) is 27.8. The Kier molecular flexibility index (Phi) is 5.30. The van der Waals surface area contributed by atoms with Gasteiger partial charge in [0.05, 0.1) is 11.0 Å². The number of nitrogens with zero attached hydrogens (tertiary/aromatic N) is 3. The third kappa shape index (κ3) is 3.59. The van der Waals surface area contributed by atoms with Gasteiger partial charge in [0.15, 0.2) is 5.82 Å². The Morgan fingerprint density at radius 1 is 0.519 bits per heavy atom. The Balaban J connectivity index is 1.16. The molecule has 4 aromatic heterocycles. The molecule has 11 aromatic rings. The van der Waals surface area contributed by atoms with E-state index in [4.69, 9.17) is 9.97 Å². The molecule has 242 valence electrons. The van der Waals surface area contributed by atoms with E-state index in [2.05, 4.69) is 144 Å². The summed E-state index contributed by atoms with van der Waals surface area (Å²) in [6.07, 6.45) is 1.20. The molecule has 13 rings (SSSR count). The average Bonchev–Trinajstić information content (AvgIpc) is 3.64. The highest BCUT2D eigenvalue weighted by atomic mass is 32.1. The summed E-state index contributed by atoms with van der Waals surface area (Å²) in [6, 6.07) is 51.5. The SMILES string of the molecule is c1ccc2c3c(ccc2c1)-c1cc2c4ccccc4n(-c4nc5c(nc4-c4cccc6c4sc4ccccc46)sc4ccccc45)c2cc1C1CC31. The van der Waals surface area contributed by atoms with Crippen LogP contribution >= 0.6 is 22.7 Å². The van der Waals surface area contributed by atoms with Crippen LogP contribution in [0.1, 0.15) is 29.4 Å². The first-order valence-electron chi connectivity index (χ1n) is 18.0. The van der Waals surface area contributed by atoms with Gasteiger partial charge in [0.25, 0.3) is 0 Å². The van der Waals surface area contributed by atoms with Crippen molar-refractivity contribution in [2.75, 3.05) is 0 Å². The number of benzene rings is 7. The largest absolute Gasteiger partial charge is 0.292 e. The zero-order chi connectivity index (χ0) is 33.7. The van der Waals surface area contributed by atoms with Crippen LogP contribution in [0.25, 0.3) is 101 Å². The number of fused-ring (bicyclic) bond motifs is 17. The minimum atomic E-state index is 0.533. The first-order valence-corrected chi connectivity index (χ1v) is 19.6. The van der Waals surface area contributed by atoms with Crippen LogP contribution in [0.2, 0.25) is 0 Å². The molecule has 7 aromatic carbocycles. The molecule has 2 unspecified atom stereocenters. The quantitative estimate of drug-likeness (QED) is 0.180. The second-order valence-electron chi connectivity index (χ2n) is 14.4. The van der Waals surface area contributed by atoms with Crippen molar-refractivity contribution < 1.29 is 0 Å². The van der Waals surface area contributed by atoms with Crippen molar-refractivity contribution >= 4 is 95.9 Å². The molecule has 2 atom stereocenters. The number of hydrogen-bond acceptors (Lipinski definition) is 4. The summed E-state index contributed by atoms with van der Waals surface area (Å²) in [5.41, 5.74) is 11.2. The number of hydrogen-bond donors (Lipinski definition) is 0. The van der Waals surface area contributed by atoms with Gasteiger partial charge in [0, 0.05) is 46.6 Å². The molecule has 0 amide bonds. The Bertz CT molecular complexity index is 3360. The Morgan fingerprint density at radius 3 is 2.17 bits per heavy atom. The summed E-state index contributed by atoms with van der Waals surface area (Å²) in [6.45, 7) is 0. The van der Waals surface area contributed by atoms with Crippen molar-refractivity contribution in [3.63, 3.8) is 0 Å². The van der Waals surface area contributed by atoms with E-state index in [0.717, 1.165) is 38.3 Å². The van der Waals surface area contributed by atoms with Crippen LogP contribution in [0.5, 0.6) is 0 Å². The van der Waals surface area contributed by atoms with E-state index >= 15 is 0 Å². The molecule has 0 radical (unpaired) electrons. The maximum atomic E-state index is 5.67. The van der Waals surface area contributed by atoms with E-state index in [1.54, 1.807) is 11.3 Å². The highest BCUT2D eigenvalue weighted by Crippen LogP contribution is 2.64. The minimum absolute atomic E-state index is 0.533. The van der Waals surface area contributed by atoms with Crippen LogP contribution < -0.4 is 0 Å². The van der Waals surface area contributed by atoms with Crippen molar-refractivity contribution in [2.24, 2.45) is 0 Å². The van der Waals surface area contributed by atoms with Gasteiger partial charge in [-0.25, -0.2) is 9.97 Å². The van der Waals surface area contributed by atoms with Gasteiger partial charge in [-0.05, 0) is 81.6 Å². The smallest absolute Gasteiger partial charge is 0.165 e. The summed E-state index contributed by atoms with van der Waals surface area (Å²) in [7, 11) is 0. The van der Waals surface area contributed by atoms with Crippen LogP contribution in [0.4, 0.5) is 0 Å². The topological polar surface area (TPSA) is 30.7 Å². The molecule has 0 N–H and O–H groups in total. The predicted molar refractivity (Wildman–Crippen MR) is 221 cm³/mol. The Labute approximate surface area is 306 Å². The van der Waals surface area contributed by atoms with E-state index in [-0.39, 0.29) is 0 Å². The van der Waals surface area contributed by atoms with Crippen LogP contribution in [0.15, 0.2) is 140 Å². The summed E-state index contributed by atoms with van der Waals surface area (Å²) in [4.78, 5) is 12.2. The van der Waals surface area contributed by atoms with Crippen LogP contribution in [0, 0.1) is 0 Å². The van der Waals surface area contributed by atoms with Gasteiger partial charge in [0.2, 0.25) is 0 Å². The van der Waals surface area contributed by atoms with Crippen LogP contribution in [-0.4, -0.2) is 14.5 Å². The molecule has 52 heavy (non-hydrogen) atoms. The lowest BCUT2D eigenvalue weighted by Crippen LogP contribution is -2.04. The van der Waals surface area contributed by atoms with Crippen molar-refractivity contribution in [2.45, 2.75) is 18.3 Å². The van der Waals surface area contributed by atoms with Gasteiger partial charge >= 0.3 is 0 Å². The van der Waals surface area contributed by atoms with Crippen molar-refractivity contribution in [1.82, 2.24) is 14.5 Å². The van der Waals surface area contributed by atoms with E-state index < -0.39 is 0 Å². The first-order chi connectivity index (χ1) is 25.8. The molecule has 4 heterocycles. The van der Waals surface area contributed by atoms with Gasteiger partial charge in [-0.15, -0.1) is 22.7 Å². The fraction of sp³-hybridized carbons (Fsp3) is 0.0638. The van der Waals surface area contributed by atoms with Gasteiger partial charge in [0.1, 0.15) is 16.0 Å². The summed E-state index contributed by atoms with van der Waals surface area (Å²) in [5.74, 6) is 1.99. The standard InChI is InChI=1S/C47H27N3S2/c1-2-11-26-25(10-1)20-21-29-33-22-36-27-12-3-6-17-38(27)50(39(36)24-35(33)34-23-37(34)42(26)29)46-43(49-47-44(48-46)31-14-5-8-19-41(31)52-47)32-16-9-15-30-28-13-4-7-18-40(28)51-45(30)32/h1-22,24,34,37H,23H2. The molecular weight excluding hydrogens is 671 g/mol. The Morgan fingerprint density at radius 2 is 1.27 bits per heavy atom. The van der Waals surface area contributed by atoms with Crippen molar-refractivity contribution in [3.05, 3.63) is 151 Å². The van der Waals surface area contributed by atoms with Crippen molar-refractivity contribution in [1.29, 1.82) is 0 Å². The molecule has 0 saturated heterocycles. The van der Waals surface area contributed by atoms with Crippen LogP contribution in [-0.2, 0) is 0 Å². The molecule has 5 heteroatoms. The normalized spacial score (nSPS) is 16.4. The molecular formula is C47H27N3S2. The van der Waals surface area contributed by atoms with E-state index in [9.17, 15) is 0 Å². The highest BCUT2D eigenvalue weighted by Gasteiger charge is 2.46. The molecule has 1 saturated carbocycles. The average molecular weight is 698 g/mol. The molecule has 2 aliphatic carbocycles. The number of aromatic nitrogens is 3. The molecule has 0 spiro atoms. The third-order valence-electron chi connectivity index (χ3n) is 11.7. The second kappa shape index (κ2) is 9.91. The minimum Gasteiger partial charge on any atom is -0.292 e. The lowest BCUT2D eigenvalue weighted by atomic mass is 9.82. The fourth-order valence-electron chi connectivity index (χ4n) is 9.37. The fourth-order valence-corrected chi connectivity index (χ4v) is 11.6. The highest BCUT2D eigenvalue weighted by molar-refractivity contribution is 7.26. The summed E-state index contributed by atoms with van der Waals surface area (Å²) in [5, 5.41) is 8.96. The van der Waals surface area contributed by atoms with Gasteiger partial charge < -0.3 is 0 Å². The van der Waals surface area contributed by atoms with E-state index in [0.29, 0.717) is 11.8 Å². The van der Waals surface area contributed by atoms with Crippen LogP contribution in [0.3, 0.4) is 0 Å². The zero-order valence-electron chi connectivity index (χ0n) is 27.8. The molecule has 0 bridgehead atoms. The maximum Gasteiger partial charge on any atom is 0.165 e. The number of para-hydroxylation sites is 1. The monoisotopic (exact) mass is 697 g/mol. The molecule has 2 aliphatic rings. The van der Waals surface area contributed by atoms with E-state index in [1.807, 2.05) is 11.3 Å². The number of thiophene rings is 2. The molecule has 0 aliphatic heterocycles. The lowest BCUT2D eigenvalue weighted by Gasteiger charge is -2.22. The second-order valence-corrected chi connectivity index (χ2v) is 16.5.